The van der Waals surface area contributed by atoms with Crippen LogP contribution in [0.3, 0.4) is 0 Å². The molecule has 0 fully saturated rings. The Kier molecular flexibility index (Phi) is 2.68. The molecule has 0 aliphatic heterocycles. The van der Waals surface area contributed by atoms with Crippen molar-refractivity contribution in [2.45, 2.75) is 0 Å². The monoisotopic (exact) mass is 371 g/mol. The third-order valence-corrected chi connectivity index (χ3v) is 6.29. The molecule has 0 amide bonds. The average molecular weight is 371 g/mol. The number of para-hydroxylation sites is 2. The van der Waals surface area contributed by atoms with E-state index in [9.17, 15) is 0 Å². The predicted molar refractivity (Wildman–Crippen MR) is 122 cm³/mol. The lowest BCUT2D eigenvalue weighted by Crippen LogP contribution is -1.91. The summed E-state index contributed by atoms with van der Waals surface area (Å²) in [6.07, 6.45) is 0. The van der Waals surface area contributed by atoms with Crippen LogP contribution in [0.15, 0.2) is 84.9 Å². The average Bonchev–Trinajstić information content (AvgIpc) is 3.31. The van der Waals surface area contributed by atoms with Crippen LogP contribution in [0.2, 0.25) is 0 Å². The lowest BCUT2D eigenvalue weighted by Gasteiger charge is -2.08. The van der Waals surface area contributed by atoms with Gasteiger partial charge in [-0.3, -0.25) is 4.40 Å². The molecular weight excluding hydrogens is 354 g/mol. The van der Waals surface area contributed by atoms with Crippen LogP contribution in [0.25, 0.3) is 60.2 Å². The molecule has 3 nitrogen and oxygen atoms in total. The van der Waals surface area contributed by atoms with Crippen LogP contribution >= 0.6 is 0 Å². The van der Waals surface area contributed by atoms with Gasteiger partial charge in [-0.1, -0.05) is 60.7 Å². The van der Waals surface area contributed by atoms with Gasteiger partial charge in [0.05, 0.1) is 16.6 Å². The first-order chi connectivity index (χ1) is 14.3. The summed E-state index contributed by atoms with van der Waals surface area (Å²) >= 11 is 0. The normalized spacial score (nSPS) is 12.3. The van der Waals surface area contributed by atoms with E-state index in [1.807, 2.05) is 0 Å². The lowest BCUT2D eigenvalue weighted by atomic mass is 10.1. The third-order valence-electron chi connectivity index (χ3n) is 6.29. The van der Waals surface area contributed by atoms with Gasteiger partial charge in [-0.25, -0.2) is 4.98 Å². The second-order valence-electron chi connectivity index (χ2n) is 7.74. The van der Waals surface area contributed by atoms with Gasteiger partial charge in [0.2, 0.25) is 0 Å². The number of nitrogens with zero attached hydrogens (tertiary/aromatic N) is 3. The van der Waals surface area contributed by atoms with Gasteiger partial charge in [-0.15, -0.1) is 0 Å². The van der Waals surface area contributed by atoms with Crippen molar-refractivity contribution in [2.75, 3.05) is 0 Å². The van der Waals surface area contributed by atoms with Gasteiger partial charge in [0.25, 0.3) is 0 Å². The van der Waals surface area contributed by atoms with E-state index in [1.165, 1.54) is 43.5 Å². The molecule has 0 N–H and O–H groups in total. The Bertz CT molecular complexity index is 1770. The van der Waals surface area contributed by atoms with Crippen LogP contribution < -0.4 is 0 Å². The highest BCUT2D eigenvalue weighted by Gasteiger charge is 2.18. The van der Waals surface area contributed by atoms with E-state index in [1.54, 1.807) is 0 Å². The van der Waals surface area contributed by atoms with Gasteiger partial charge in [0.15, 0.2) is 0 Å². The molecule has 0 bridgehead atoms. The van der Waals surface area contributed by atoms with E-state index in [-0.39, 0.29) is 0 Å². The van der Waals surface area contributed by atoms with Gasteiger partial charge in [0.1, 0.15) is 11.2 Å². The van der Waals surface area contributed by atoms with E-state index < -0.39 is 0 Å². The molecule has 3 heteroatoms. The second-order valence-corrected chi connectivity index (χ2v) is 7.74. The minimum absolute atomic E-state index is 1.02. The van der Waals surface area contributed by atoms with Crippen molar-refractivity contribution in [3.8, 4) is 0 Å². The minimum Gasteiger partial charge on any atom is -0.342 e. The topological polar surface area (TPSA) is 22.2 Å². The summed E-state index contributed by atoms with van der Waals surface area (Å²) in [5, 5.41) is 6.23. The van der Waals surface area contributed by atoms with Crippen LogP contribution in [-0.4, -0.2) is 14.0 Å². The summed E-state index contributed by atoms with van der Waals surface area (Å²) in [5.41, 5.74) is 6.86. The highest BCUT2D eigenvalue weighted by atomic mass is 15.0. The van der Waals surface area contributed by atoms with Crippen LogP contribution in [0.5, 0.6) is 0 Å². The molecule has 7 aromatic rings. The molecule has 0 atom stereocenters. The number of imidazole rings is 1. The molecule has 0 spiro atoms. The maximum absolute atomic E-state index is 5.22. The van der Waals surface area contributed by atoms with Gasteiger partial charge in [0, 0.05) is 34.1 Å². The number of pyridine rings is 1. The smallest absolute Gasteiger partial charge is 0.146 e. The van der Waals surface area contributed by atoms with Crippen molar-refractivity contribution < 1.29 is 0 Å². The summed E-state index contributed by atoms with van der Waals surface area (Å²) in [7, 11) is 2.14. The standard InChI is InChI=1S/C26H17N3/c1-28-21-12-6-4-10-18(21)19-14-15-23-24(25(19)28)27-26-20-11-3-2-8-16(20)17-9-5-7-13-22(17)29(23)26/h2-15H,1H3. The Morgan fingerprint density at radius 2 is 1.17 bits per heavy atom. The Morgan fingerprint density at radius 1 is 0.552 bits per heavy atom. The first-order valence-electron chi connectivity index (χ1n) is 9.91. The summed E-state index contributed by atoms with van der Waals surface area (Å²) < 4.78 is 4.61. The number of rotatable bonds is 0. The van der Waals surface area contributed by atoms with E-state index in [2.05, 4.69) is 101 Å². The van der Waals surface area contributed by atoms with E-state index in [0.29, 0.717) is 0 Å². The van der Waals surface area contributed by atoms with Crippen molar-refractivity contribution in [1.29, 1.82) is 0 Å². The fraction of sp³-hybridized carbons (Fsp3) is 0.0385. The summed E-state index contributed by atoms with van der Waals surface area (Å²) in [5.74, 6) is 0. The fourth-order valence-electron chi connectivity index (χ4n) is 5.03. The van der Waals surface area contributed by atoms with Crippen molar-refractivity contribution >= 4 is 60.2 Å². The van der Waals surface area contributed by atoms with Gasteiger partial charge >= 0.3 is 0 Å². The molecule has 3 heterocycles. The molecule has 0 radical (unpaired) electrons. The molecule has 0 aliphatic rings. The lowest BCUT2D eigenvalue weighted by molar-refractivity contribution is 1.02. The number of aromatic nitrogens is 3. The number of aryl methyl sites for hydroxylation is 1. The number of fused-ring (bicyclic) bond motifs is 12. The SMILES string of the molecule is Cn1c2ccccc2c2ccc3c(nc4c5ccccc5c5ccccc5n34)c21. The van der Waals surface area contributed by atoms with Crippen molar-refractivity contribution in [2.24, 2.45) is 7.05 Å². The molecule has 0 unspecified atom stereocenters. The number of benzene rings is 4. The quantitative estimate of drug-likeness (QED) is 0.281. The highest BCUT2D eigenvalue weighted by Crippen LogP contribution is 2.37. The first-order valence-corrected chi connectivity index (χ1v) is 9.91. The van der Waals surface area contributed by atoms with Crippen LogP contribution in [-0.2, 0) is 7.05 Å². The highest BCUT2D eigenvalue weighted by molar-refractivity contribution is 6.19. The van der Waals surface area contributed by atoms with Crippen LogP contribution in [0, 0.1) is 0 Å². The zero-order chi connectivity index (χ0) is 19.1. The second kappa shape index (κ2) is 5.15. The molecular formula is C26H17N3. The van der Waals surface area contributed by atoms with Gasteiger partial charge in [-0.05, 0) is 29.7 Å². The van der Waals surface area contributed by atoms with Crippen LogP contribution in [0.1, 0.15) is 0 Å². The summed E-state index contributed by atoms with van der Waals surface area (Å²) in [4.78, 5) is 5.22. The van der Waals surface area contributed by atoms with Crippen molar-refractivity contribution in [3.63, 3.8) is 0 Å². The largest absolute Gasteiger partial charge is 0.342 e. The Morgan fingerprint density at radius 3 is 1.97 bits per heavy atom. The van der Waals surface area contributed by atoms with E-state index in [0.717, 1.165) is 16.7 Å². The number of hydrogen-bond donors (Lipinski definition) is 0. The maximum Gasteiger partial charge on any atom is 0.146 e. The Labute approximate surface area is 166 Å². The minimum atomic E-state index is 1.02. The molecule has 3 aromatic heterocycles. The zero-order valence-corrected chi connectivity index (χ0v) is 15.9. The molecule has 136 valence electrons. The molecule has 0 aliphatic carbocycles. The predicted octanol–water partition coefficient (Wildman–Crippen LogP) is 6.44. The van der Waals surface area contributed by atoms with Gasteiger partial charge < -0.3 is 4.57 Å². The van der Waals surface area contributed by atoms with Crippen molar-refractivity contribution in [1.82, 2.24) is 14.0 Å². The fourth-order valence-corrected chi connectivity index (χ4v) is 5.03. The first kappa shape index (κ1) is 15.1. The zero-order valence-electron chi connectivity index (χ0n) is 15.9. The molecule has 0 saturated heterocycles. The molecule has 7 rings (SSSR count). The summed E-state index contributed by atoms with van der Waals surface area (Å²) in [6, 6.07) is 30.3. The summed E-state index contributed by atoms with van der Waals surface area (Å²) in [6.45, 7) is 0. The van der Waals surface area contributed by atoms with E-state index >= 15 is 0 Å². The maximum atomic E-state index is 5.22. The molecule has 0 saturated carbocycles. The van der Waals surface area contributed by atoms with Crippen molar-refractivity contribution in [3.05, 3.63) is 84.9 Å². The Balaban J connectivity index is 1.84. The van der Waals surface area contributed by atoms with Crippen LogP contribution in [0.4, 0.5) is 0 Å². The number of hydrogen-bond acceptors (Lipinski definition) is 1. The van der Waals surface area contributed by atoms with E-state index in [4.69, 9.17) is 4.98 Å². The third kappa shape index (κ3) is 1.76. The Hall–Kier alpha value is -3.85. The molecule has 4 aromatic carbocycles. The molecule has 29 heavy (non-hydrogen) atoms. The van der Waals surface area contributed by atoms with Gasteiger partial charge in [-0.2, -0.15) is 0 Å².